The van der Waals surface area contributed by atoms with E-state index in [0.717, 1.165) is 17.5 Å². The summed E-state index contributed by atoms with van der Waals surface area (Å²) in [5, 5.41) is 8.99. The number of amides is 1. The lowest BCUT2D eigenvalue weighted by Gasteiger charge is -2.35. The highest BCUT2D eigenvalue weighted by Gasteiger charge is 2.36. The lowest BCUT2D eigenvalue weighted by Crippen LogP contribution is -2.42. The highest BCUT2D eigenvalue weighted by molar-refractivity contribution is 6.01. The Labute approximate surface area is 140 Å². The Morgan fingerprint density at radius 1 is 1.17 bits per heavy atom. The number of aryl methyl sites for hydroxylation is 1. The molecule has 1 atom stereocenters. The van der Waals surface area contributed by atoms with Crippen molar-refractivity contribution in [2.75, 3.05) is 11.4 Å². The maximum atomic E-state index is 12.9. The Hall–Kier alpha value is -2.82. The Balaban J connectivity index is 2.04. The molecule has 1 heterocycles. The minimum atomic E-state index is -0.932. The van der Waals surface area contributed by atoms with Crippen molar-refractivity contribution < 1.29 is 19.4 Å². The number of benzene rings is 2. The molecule has 3 rings (SSSR count). The third-order valence-corrected chi connectivity index (χ3v) is 4.13. The first-order valence-electron chi connectivity index (χ1n) is 7.98. The standard InChI is InChI=1S/C19H19NO4/c1-2-13-9-6-10-15-17(13)24-18(14-7-4-3-5-8-14)19(23)20(15)12-11-16(21)22/h3-10,18H,2,11-12H2,1H3,(H,21,22). The van der Waals surface area contributed by atoms with E-state index in [0.29, 0.717) is 11.4 Å². The van der Waals surface area contributed by atoms with Gasteiger partial charge in [0, 0.05) is 12.1 Å². The number of para-hydroxylation sites is 1. The maximum Gasteiger partial charge on any atom is 0.305 e. The second-order valence-corrected chi connectivity index (χ2v) is 5.66. The van der Waals surface area contributed by atoms with Gasteiger partial charge in [0.05, 0.1) is 12.1 Å². The molecule has 1 aliphatic rings. The van der Waals surface area contributed by atoms with Gasteiger partial charge in [-0.05, 0) is 18.1 Å². The molecule has 2 aromatic rings. The Morgan fingerprint density at radius 2 is 1.92 bits per heavy atom. The van der Waals surface area contributed by atoms with Crippen LogP contribution in [-0.2, 0) is 16.0 Å². The number of rotatable bonds is 5. The number of fused-ring (bicyclic) bond motifs is 1. The van der Waals surface area contributed by atoms with E-state index in [4.69, 9.17) is 9.84 Å². The fraction of sp³-hybridized carbons (Fsp3) is 0.263. The van der Waals surface area contributed by atoms with Crippen LogP contribution in [0.15, 0.2) is 48.5 Å². The summed E-state index contributed by atoms with van der Waals surface area (Å²) in [6, 6.07) is 14.9. The van der Waals surface area contributed by atoms with Gasteiger partial charge in [-0.25, -0.2) is 0 Å². The van der Waals surface area contributed by atoms with Gasteiger partial charge in [0.1, 0.15) is 5.75 Å². The third-order valence-electron chi connectivity index (χ3n) is 4.13. The topological polar surface area (TPSA) is 66.8 Å². The Kier molecular flexibility index (Phi) is 4.51. The first-order chi connectivity index (χ1) is 11.6. The van der Waals surface area contributed by atoms with E-state index in [2.05, 4.69) is 0 Å². The van der Waals surface area contributed by atoms with Crippen LogP contribution in [0.4, 0.5) is 5.69 Å². The Bertz CT molecular complexity index is 757. The van der Waals surface area contributed by atoms with E-state index >= 15 is 0 Å². The number of carboxylic acid groups (broad SMARTS) is 1. The number of carbonyl (C=O) groups is 2. The van der Waals surface area contributed by atoms with Crippen molar-refractivity contribution >= 4 is 17.6 Å². The van der Waals surface area contributed by atoms with Crippen LogP contribution in [0.25, 0.3) is 0 Å². The molecule has 1 amide bonds. The molecule has 0 radical (unpaired) electrons. The van der Waals surface area contributed by atoms with E-state index < -0.39 is 12.1 Å². The van der Waals surface area contributed by atoms with Crippen molar-refractivity contribution in [1.82, 2.24) is 0 Å². The van der Waals surface area contributed by atoms with E-state index in [1.54, 1.807) is 6.07 Å². The van der Waals surface area contributed by atoms with Gasteiger partial charge in [-0.1, -0.05) is 49.4 Å². The van der Waals surface area contributed by atoms with Crippen LogP contribution in [0.3, 0.4) is 0 Å². The summed E-state index contributed by atoms with van der Waals surface area (Å²) in [7, 11) is 0. The average molecular weight is 325 g/mol. The summed E-state index contributed by atoms with van der Waals surface area (Å²) < 4.78 is 6.05. The summed E-state index contributed by atoms with van der Waals surface area (Å²) in [6.07, 6.45) is -0.0884. The molecule has 0 saturated carbocycles. The first-order valence-corrected chi connectivity index (χ1v) is 7.98. The molecule has 0 aromatic heterocycles. The van der Waals surface area contributed by atoms with Crippen molar-refractivity contribution in [3.63, 3.8) is 0 Å². The molecule has 2 aromatic carbocycles. The second kappa shape index (κ2) is 6.74. The lowest BCUT2D eigenvalue weighted by molar-refractivity contribution is -0.136. The largest absolute Gasteiger partial charge is 0.481 e. The highest BCUT2D eigenvalue weighted by Crippen LogP contribution is 2.41. The second-order valence-electron chi connectivity index (χ2n) is 5.66. The minimum Gasteiger partial charge on any atom is -0.481 e. The zero-order chi connectivity index (χ0) is 17.1. The molecule has 5 heteroatoms. The molecule has 1 aliphatic heterocycles. The quantitative estimate of drug-likeness (QED) is 0.917. The number of carboxylic acids is 1. The fourth-order valence-corrected chi connectivity index (χ4v) is 2.90. The van der Waals surface area contributed by atoms with Gasteiger partial charge in [0.15, 0.2) is 0 Å². The van der Waals surface area contributed by atoms with Crippen molar-refractivity contribution in [1.29, 1.82) is 0 Å². The van der Waals surface area contributed by atoms with Gasteiger partial charge in [-0.15, -0.1) is 0 Å². The first kappa shape index (κ1) is 16.1. The number of hydrogen-bond donors (Lipinski definition) is 1. The van der Waals surface area contributed by atoms with Gasteiger partial charge < -0.3 is 14.7 Å². The molecule has 24 heavy (non-hydrogen) atoms. The lowest BCUT2D eigenvalue weighted by atomic mass is 10.0. The Morgan fingerprint density at radius 3 is 2.58 bits per heavy atom. The normalized spacial score (nSPS) is 16.5. The molecule has 0 aliphatic carbocycles. The van der Waals surface area contributed by atoms with Crippen molar-refractivity contribution in [2.24, 2.45) is 0 Å². The molecule has 1 unspecified atom stereocenters. The molecule has 0 bridgehead atoms. The smallest absolute Gasteiger partial charge is 0.305 e. The monoisotopic (exact) mass is 325 g/mol. The zero-order valence-electron chi connectivity index (χ0n) is 13.4. The average Bonchev–Trinajstić information content (AvgIpc) is 2.60. The number of hydrogen-bond acceptors (Lipinski definition) is 3. The van der Waals surface area contributed by atoms with Gasteiger partial charge in [0.2, 0.25) is 6.10 Å². The number of nitrogens with zero attached hydrogens (tertiary/aromatic N) is 1. The number of ether oxygens (including phenoxy) is 1. The number of carbonyl (C=O) groups excluding carboxylic acids is 1. The minimum absolute atomic E-state index is 0.108. The van der Waals surface area contributed by atoms with Gasteiger partial charge in [-0.3, -0.25) is 9.59 Å². The van der Waals surface area contributed by atoms with Gasteiger partial charge >= 0.3 is 5.97 Å². The summed E-state index contributed by atoms with van der Waals surface area (Å²) in [5.41, 5.74) is 2.41. The molecule has 1 N–H and O–H groups in total. The summed E-state index contributed by atoms with van der Waals surface area (Å²) in [4.78, 5) is 25.4. The number of anilines is 1. The van der Waals surface area contributed by atoms with Crippen LogP contribution in [0.2, 0.25) is 0 Å². The molecular weight excluding hydrogens is 306 g/mol. The van der Waals surface area contributed by atoms with Gasteiger partial charge in [0.25, 0.3) is 5.91 Å². The predicted molar refractivity (Wildman–Crippen MR) is 90.2 cm³/mol. The van der Waals surface area contributed by atoms with Crippen molar-refractivity contribution in [3.8, 4) is 5.75 Å². The SMILES string of the molecule is CCc1cccc2c1OC(c1ccccc1)C(=O)N2CCC(=O)O. The summed E-state index contributed by atoms with van der Waals surface area (Å²) >= 11 is 0. The van der Waals surface area contributed by atoms with Crippen LogP contribution < -0.4 is 9.64 Å². The van der Waals surface area contributed by atoms with E-state index in [-0.39, 0.29) is 18.9 Å². The zero-order valence-corrected chi connectivity index (χ0v) is 13.4. The summed E-state index contributed by atoms with van der Waals surface area (Å²) in [6.45, 7) is 2.15. The van der Waals surface area contributed by atoms with Crippen molar-refractivity contribution in [3.05, 3.63) is 59.7 Å². The molecule has 0 spiro atoms. The van der Waals surface area contributed by atoms with Crippen LogP contribution in [0, 0.1) is 0 Å². The molecule has 5 nitrogen and oxygen atoms in total. The number of aliphatic carboxylic acids is 1. The van der Waals surface area contributed by atoms with Gasteiger partial charge in [-0.2, -0.15) is 0 Å². The molecule has 124 valence electrons. The summed E-state index contributed by atoms with van der Waals surface area (Å²) in [5.74, 6) is -0.499. The van der Waals surface area contributed by atoms with Crippen molar-refractivity contribution in [2.45, 2.75) is 25.9 Å². The van der Waals surface area contributed by atoms with E-state index in [9.17, 15) is 9.59 Å². The fourth-order valence-electron chi connectivity index (χ4n) is 2.90. The maximum absolute atomic E-state index is 12.9. The van der Waals surface area contributed by atoms with Crippen LogP contribution in [0.5, 0.6) is 5.75 Å². The van der Waals surface area contributed by atoms with E-state index in [1.807, 2.05) is 49.4 Å². The predicted octanol–water partition coefficient (Wildman–Crippen LogP) is 3.19. The molecular formula is C19H19NO4. The molecule has 0 saturated heterocycles. The van der Waals surface area contributed by atoms with E-state index in [1.165, 1.54) is 4.90 Å². The van der Waals surface area contributed by atoms with Crippen LogP contribution in [-0.4, -0.2) is 23.5 Å². The molecule has 0 fully saturated rings. The third kappa shape index (κ3) is 2.97. The van der Waals surface area contributed by atoms with Crippen LogP contribution in [0.1, 0.15) is 30.6 Å². The van der Waals surface area contributed by atoms with Crippen LogP contribution >= 0.6 is 0 Å². The highest BCUT2D eigenvalue weighted by atomic mass is 16.5.